The number of aryl methyl sites for hydroxylation is 2. The van der Waals surface area contributed by atoms with Gasteiger partial charge in [-0.2, -0.15) is 18.2 Å². The van der Waals surface area contributed by atoms with E-state index in [1.165, 1.54) is 5.56 Å². The summed E-state index contributed by atoms with van der Waals surface area (Å²) < 4.78 is 37.1. The highest BCUT2D eigenvalue weighted by atomic mass is 19.4. The van der Waals surface area contributed by atoms with E-state index in [4.69, 9.17) is 0 Å². The molecule has 1 aliphatic rings. The fourth-order valence-electron chi connectivity index (χ4n) is 2.33. The molecule has 0 fully saturated rings. The zero-order valence-corrected chi connectivity index (χ0v) is 10.8. The summed E-state index contributed by atoms with van der Waals surface area (Å²) in [7, 11) is 0. The van der Waals surface area contributed by atoms with E-state index in [9.17, 15) is 18.0 Å². The zero-order valence-electron chi connectivity index (χ0n) is 10.8. The lowest BCUT2D eigenvalue weighted by atomic mass is 10.1. The number of fused-ring (bicyclic) bond motifs is 1. The van der Waals surface area contributed by atoms with Crippen LogP contribution in [0.5, 0.6) is 0 Å². The molecule has 0 radical (unpaired) electrons. The molecule has 0 unspecified atom stereocenters. The second kappa shape index (κ2) is 4.87. The van der Waals surface area contributed by atoms with Gasteiger partial charge in [0.15, 0.2) is 0 Å². The third-order valence-corrected chi connectivity index (χ3v) is 3.34. The number of H-pyrrole nitrogens is 1. The molecule has 0 saturated heterocycles. The van der Waals surface area contributed by atoms with E-state index in [-0.39, 0.29) is 0 Å². The molecule has 0 saturated carbocycles. The molecule has 0 bridgehead atoms. The second-order valence-electron chi connectivity index (χ2n) is 4.80. The third-order valence-electron chi connectivity index (χ3n) is 3.34. The Morgan fingerprint density at radius 1 is 1.24 bits per heavy atom. The van der Waals surface area contributed by atoms with Crippen LogP contribution >= 0.6 is 0 Å². The van der Waals surface area contributed by atoms with E-state index < -0.39 is 23.9 Å². The Balaban J connectivity index is 1.76. The summed E-state index contributed by atoms with van der Waals surface area (Å²) in [4.78, 5) is 15.2. The summed E-state index contributed by atoms with van der Waals surface area (Å²) in [5.41, 5.74) is 2.70. The monoisotopic (exact) mass is 296 g/mol. The van der Waals surface area contributed by atoms with Crippen molar-refractivity contribution in [2.75, 3.05) is 5.32 Å². The van der Waals surface area contributed by atoms with Crippen LogP contribution in [0.2, 0.25) is 0 Å². The van der Waals surface area contributed by atoms with Crippen molar-refractivity contribution in [1.82, 2.24) is 15.2 Å². The van der Waals surface area contributed by atoms with Crippen molar-refractivity contribution >= 4 is 11.9 Å². The first kappa shape index (κ1) is 13.6. The van der Waals surface area contributed by atoms with E-state index in [0.717, 1.165) is 24.8 Å². The molecule has 0 spiro atoms. The molecule has 1 aliphatic carbocycles. The topological polar surface area (TPSA) is 70.7 Å². The number of anilines is 1. The molecular formula is C13H11F3N4O. The van der Waals surface area contributed by atoms with E-state index in [1.54, 1.807) is 17.2 Å². The second-order valence-corrected chi connectivity index (χ2v) is 4.80. The highest BCUT2D eigenvalue weighted by Gasteiger charge is 2.35. The van der Waals surface area contributed by atoms with Gasteiger partial charge >= 0.3 is 6.18 Å². The lowest BCUT2D eigenvalue weighted by molar-refractivity contribution is -0.144. The molecule has 5 nitrogen and oxygen atoms in total. The minimum atomic E-state index is -4.62. The van der Waals surface area contributed by atoms with Crippen molar-refractivity contribution < 1.29 is 18.0 Å². The van der Waals surface area contributed by atoms with Gasteiger partial charge in [0.2, 0.25) is 11.8 Å². The quantitative estimate of drug-likeness (QED) is 0.894. The lowest BCUT2D eigenvalue weighted by Gasteiger charge is -2.04. The van der Waals surface area contributed by atoms with Crippen LogP contribution in [0.1, 0.15) is 33.7 Å². The van der Waals surface area contributed by atoms with Crippen LogP contribution in [-0.4, -0.2) is 21.1 Å². The first-order chi connectivity index (χ1) is 9.93. The molecule has 1 aromatic heterocycles. The summed E-state index contributed by atoms with van der Waals surface area (Å²) in [5.74, 6) is -2.17. The maximum Gasteiger partial charge on any atom is 0.451 e. The van der Waals surface area contributed by atoms with Gasteiger partial charge < -0.3 is 0 Å². The number of aromatic nitrogens is 3. The van der Waals surface area contributed by atoms with Crippen LogP contribution in [-0.2, 0) is 19.0 Å². The molecule has 0 atom stereocenters. The molecule has 21 heavy (non-hydrogen) atoms. The standard InChI is InChI=1S/C13H11F3N4O/c14-13(15,16)11-18-12(20-19-11)17-10(21)9-5-4-7-2-1-3-8(7)6-9/h4-6H,1-3H2,(H2,17,18,19,20,21). The van der Waals surface area contributed by atoms with Crippen LogP contribution in [0.3, 0.4) is 0 Å². The van der Waals surface area contributed by atoms with Crippen LogP contribution in [0, 0.1) is 0 Å². The predicted molar refractivity (Wildman–Crippen MR) is 67.8 cm³/mol. The normalized spacial score (nSPS) is 14.0. The summed E-state index contributed by atoms with van der Waals surface area (Å²) in [6.45, 7) is 0. The van der Waals surface area contributed by atoms with Crippen LogP contribution in [0.15, 0.2) is 18.2 Å². The summed E-state index contributed by atoms with van der Waals surface area (Å²) in [5, 5.41) is 7.33. The summed E-state index contributed by atoms with van der Waals surface area (Å²) in [6, 6.07) is 5.28. The number of benzene rings is 1. The minimum absolute atomic E-state index is 0.383. The predicted octanol–water partition coefficient (Wildman–Crippen LogP) is 2.56. The largest absolute Gasteiger partial charge is 0.451 e. The first-order valence-electron chi connectivity index (χ1n) is 6.36. The molecule has 110 valence electrons. The van der Waals surface area contributed by atoms with Crippen molar-refractivity contribution in [2.45, 2.75) is 25.4 Å². The van der Waals surface area contributed by atoms with Gasteiger partial charge in [0.05, 0.1) is 0 Å². The lowest BCUT2D eigenvalue weighted by Crippen LogP contribution is -2.14. The Kier molecular flexibility index (Phi) is 3.15. The molecule has 1 amide bonds. The van der Waals surface area contributed by atoms with Crippen molar-refractivity contribution in [3.8, 4) is 0 Å². The number of amides is 1. The minimum Gasteiger partial charge on any atom is -0.289 e. The number of nitrogens with zero attached hydrogens (tertiary/aromatic N) is 2. The molecule has 0 aliphatic heterocycles. The molecule has 8 heteroatoms. The van der Waals surface area contributed by atoms with Crippen molar-refractivity contribution in [1.29, 1.82) is 0 Å². The van der Waals surface area contributed by atoms with E-state index in [2.05, 4.69) is 15.4 Å². The van der Waals surface area contributed by atoms with Gasteiger partial charge in [-0.3, -0.25) is 15.2 Å². The van der Waals surface area contributed by atoms with Gasteiger partial charge in [0, 0.05) is 5.56 Å². The van der Waals surface area contributed by atoms with Crippen LogP contribution < -0.4 is 5.32 Å². The zero-order chi connectivity index (χ0) is 15.0. The average Bonchev–Trinajstić information content (AvgIpc) is 3.04. The highest BCUT2D eigenvalue weighted by molar-refractivity contribution is 6.03. The number of nitrogens with one attached hydrogen (secondary N) is 2. The van der Waals surface area contributed by atoms with Gasteiger partial charge in [-0.1, -0.05) is 6.07 Å². The number of carbonyl (C=O) groups is 1. The number of hydrogen-bond donors (Lipinski definition) is 2. The number of halogens is 3. The fourth-order valence-corrected chi connectivity index (χ4v) is 2.33. The average molecular weight is 296 g/mol. The number of hydrogen-bond acceptors (Lipinski definition) is 3. The Morgan fingerprint density at radius 3 is 2.71 bits per heavy atom. The van der Waals surface area contributed by atoms with Gasteiger partial charge in [0.1, 0.15) is 0 Å². The Bertz CT molecular complexity index is 693. The molecule has 2 aromatic rings. The number of aromatic amines is 1. The maximum absolute atomic E-state index is 12.4. The van der Waals surface area contributed by atoms with Crippen molar-refractivity contribution in [2.24, 2.45) is 0 Å². The number of carbonyl (C=O) groups excluding carboxylic acids is 1. The molecular weight excluding hydrogens is 285 g/mol. The Morgan fingerprint density at radius 2 is 2.00 bits per heavy atom. The fraction of sp³-hybridized carbons (Fsp3) is 0.308. The third kappa shape index (κ3) is 2.74. The maximum atomic E-state index is 12.4. The first-order valence-corrected chi connectivity index (χ1v) is 6.36. The highest BCUT2D eigenvalue weighted by Crippen LogP contribution is 2.26. The summed E-state index contributed by atoms with van der Waals surface area (Å²) >= 11 is 0. The van der Waals surface area contributed by atoms with Gasteiger partial charge in [-0.15, -0.1) is 5.10 Å². The van der Waals surface area contributed by atoms with Gasteiger partial charge in [0.25, 0.3) is 5.91 Å². The number of alkyl halides is 3. The molecule has 2 N–H and O–H groups in total. The molecule has 1 heterocycles. The van der Waals surface area contributed by atoms with E-state index in [1.807, 2.05) is 6.07 Å². The Hall–Kier alpha value is -2.38. The Labute approximate surface area is 117 Å². The number of rotatable bonds is 2. The van der Waals surface area contributed by atoms with Crippen LogP contribution in [0.25, 0.3) is 0 Å². The molecule has 3 rings (SSSR count). The molecule has 1 aromatic carbocycles. The summed E-state index contributed by atoms with van der Waals surface area (Å²) in [6.07, 6.45) is -1.66. The SMILES string of the molecule is O=C(Nc1n[nH]c(C(F)(F)F)n1)c1ccc2c(c1)CCC2. The van der Waals surface area contributed by atoms with Crippen molar-refractivity contribution in [3.63, 3.8) is 0 Å². The smallest absolute Gasteiger partial charge is 0.289 e. The van der Waals surface area contributed by atoms with E-state index >= 15 is 0 Å². The van der Waals surface area contributed by atoms with Gasteiger partial charge in [-0.25, -0.2) is 0 Å². The van der Waals surface area contributed by atoms with Gasteiger partial charge in [-0.05, 0) is 42.5 Å². The van der Waals surface area contributed by atoms with Crippen molar-refractivity contribution in [3.05, 3.63) is 40.7 Å². The van der Waals surface area contributed by atoms with E-state index in [0.29, 0.717) is 5.56 Å². The van der Waals surface area contributed by atoms with Crippen LogP contribution in [0.4, 0.5) is 19.1 Å².